The molecule has 0 fully saturated rings. The van der Waals surface area contributed by atoms with Crippen LogP contribution < -0.4 is 0 Å². The molecule has 0 bridgehead atoms. The van der Waals surface area contributed by atoms with E-state index in [9.17, 15) is 4.79 Å². The number of hydrogen-bond acceptors (Lipinski definition) is 2. The van der Waals surface area contributed by atoms with E-state index in [4.69, 9.17) is 10.4 Å². The van der Waals surface area contributed by atoms with Gasteiger partial charge < -0.3 is 5.11 Å². The molecule has 0 radical (unpaired) electrons. The van der Waals surface area contributed by atoms with Crippen molar-refractivity contribution in [2.45, 2.75) is 6.92 Å². The summed E-state index contributed by atoms with van der Waals surface area (Å²) in [6, 6.07) is 7.01. The van der Waals surface area contributed by atoms with E-state index < -0.39 is 5.97 Å². The molecule has 0 aliphatic carbocycles. The molecular weight excluding hydrogens is 258 g/mol. The third-order valence-corrected chi connectivity index (χ3v) is 2.73. The molecule has 1 aromatic rings. The van der Waals surface area contributed by atoms with Crippen LogP contribution >= 0.6 is 15.9 Å². The lowest BCUT2D eigenvalue weighted by molar-refractivity contribution is -0.132. The minimum Gasteiger partial charge on any atom is -0.477 e. The number of carboxylic acid groups (broad SMARTS) is 1. The molecule has 1 rings (SSSR count). The summed E-state index contributed by atoms with van der Waals surface area (Å²) >= 11 is 3.34. The number of carbonyl (C=O) groups is 1. The van der Waals surface area contributed by atoms with Crippen molar-refractivity contribution in [3.05, 3.63) is 39.4 Å². The summed E-state index contributed by atoms with van der Waals surface area (Å²) in [6.07, 6.45) is 1.35. The summed E-state index contributed by atoms with van der Waals surface area (Å²) < 4.78 is 0.952. The standard InChI is InChI=1S/C11H8BrNO2/c1-7-4-8(2-3-10(7)12)5-9(6-13)11(14)15/h2-5H,1H3,(H,14,15). The van der Waals surface area contributed by atoms with Gasteiger partial charge in [0.25, 0.3) is 0 Å². The third-order valence-electron chi connectivity index (χ3n) is 1.84. The van der Waals surface area contributed by atoms with E-state index in [1.165, 1.54) is 6.08 Å². The Bertz CT molecular complexity index is 472. The van der Waals surface area contributed by atoms with Crippen LogP contribution in [-0.4, -0.2) is 11.1 Å². The molecule has 0 unspecified atom stereocenters. The fourth-order valence-electron chi connectivity index (χ4n) is 1.07. The largest absolute Gasteiger partial charge is 0.477 e. The summed E-state index contributed by atoms with van der Waals surface area (Å²) in [6.45, 7) is 1.90. The second-order valence-electron chi connectivity index (χ2n) is 2.98. The molecule has 0 aromatic heterocycles. The van der Waals surface area contributed by atoms with Gasteiger partial charge in [0, 0.05) is 4.47 Å². The Hall–Kier alpha value is -1.60. The number of benzene rings is 1. The minimum atomic E-state index is -1.21. The highest BCUT2D eigenvalue weighted by Crippen LogP contribution is 2.18. The molecule has 1 aromatic carbocycles. The van der Waals surface area contributed by atoms with Gasteiger partial charge in [-0.25, -0.2) is 4.79 Å². The molecule has 76 valence electrons. The Balaban J connectivity index is 3.14. The summed E-state index contributed by atoms with van der Waals surface area (Å²) in [5.74, 6) is -1.21. The number of aliphatic carboxylic acids is 1. The first-order valence-corrected chi connectivity index (χ1v) is 4.95. The fraction of sp³-hybridized carbons (Fsp3) is 0.0909. The van der Waals surface area contributed by atoms with Gasteiger partial charge in [-0.05, 0) is 30.2 Å². The second kappa shape index (κ2) is 4.76. The van der Waals surface area contributed by atoms with E-state index in [0.717, 1.165) is 10.0 Å². The molecule has 4 heteroatoms. The molecule has 0 saturated heterocycles. The van der Waals surface area contributed by atoms with Crippen LogP contribution in [0, 0.1) is 18.3 Å². The van der Waals surface area contributed by atoms with Gasteiger partial charge >= 0.3 is 5.97 Å². The minimum absolute atomic E-state index is 0.267. The summed E-state index contributed by atoms with van der Waals surface area (Å²) in [4.78, 5) is 10.6. The van der Waals surface area contributed by atoms with Crippen molar-refractivity contribution in [1.29, 1.82) is 5.26 Å². The molecule has 0 spiro atoms. The Morgan fingerprint density at radius 3 is 2.73 bits per heavy atom. The van der Waals surface area contributed by atoms with Crippen LogP contribution in [0.3, 0.4) is 0 Å². The van der Waals surface area contributed by atoms with Gasteiger partial charge in [0.15, 0.2) is 0 Å². The van der Waals surface area contributed by atoms with Crippen molar-refractivity contribution in [3.8, 4) is 6.07 Å². The molecule has 3 nitrogen and oxygen atoms in total. The van der Waals surface area contributed by atoms with Crippen molar-refractivity contribution >= 4 is 28.0 Å². The average molecular weight is 266 g/mol. The Labute approximate surface area is 95.8 Å². The summed E-state index contributed by atoms with van der Waals surface area (Å²) in [7, 11) is 0. The molecule has 0 aliphatic heterocycles. The van der Waals surface area contributed by atoms with E-state index in [0.29, 0.717) is 5.56 Å². The zero-order chi connectivity index (χ0) is 11.4. The zero-order valence-electron chi connectivity index (χ0n) is 7.99. The number of nitriles is 1. The normalized spacial score (nSPS) is 10.9. The van der Waals surface area contributed by atoms with Gasteiger partial charge in [0.2, 0.25) is 0 Å². The number of hydrogen-bond donors (Lipinski definition) is 1. The lowest BCUT2D eigenvalue weighted by atomic mass is 10.1. The van der Waals surface area contributed by atoms with E-state index in [2.05, 4.69) is 15.9 Å². The van der Waals surface area contributed by atoms with Crippen LogP contribution in [0.2, 0.25) is 0 Å². The Kier molecular flexibility index (Phi) is 3.64. The zero-order valence-corrected chi connectivity index (χ0v) is 9.58. The van der Waals surface area contributed by atoms with Gasteiger partial charge in [0.05, 0.1) is 0 Å². The van der Waals surface area contributed by atoms with Crippen LogP contribution in [-0.2, 0) is 4.79 Å². The highest BCUT2D eigenvalue weighted by Gasteiger charge is 2.05. The van der Waals surface area contributed by atoms with Crippen molar-refractivity contribution in [1.82, 2.24) is 0 Å². The Morgan fingerprint density at radius 1 is 1.60 bits per heavy atom. The molecule has 1 N–H and O–H groups in total. The van der Waals surface area contributed by atoms with Crippen LogP contribution in [0.25, 0.3) is 6.08 Å². The smallest absolute Gasteiger partial charge is 0.346 e. The van der Waals surface area contributed by atoms with Crippen LogP contribution in [0.1, 0.15) is 11.1 Å². The van der Waals surface area contributed by atoms with Gasteiger partial charge in [-0.2, -0.15) is 5.26 Å². The summed E-state index contributed by atoms with van der Waals surface area (Å²) in [5, 5.41) is 17.2. The molecule has 0 amide bonds. The first kappa shape index (κ1) is 11.5. The number of nitrogens with zero attached hydrogens (tertiary/aromatic N) is 1. The van der Waals surface area contributed by atoms with Crippen LogP contribution in [0.15, 0.2) is 28.2 Å². The predicted molar refractivity (Wildman–Crippen MR) is 60.1 cm³/mol. The maximum Gasteiger partial charge on any atom is 0.346 e. The maximum absolute atomic E-state index is 10.6. The highest BCUT2D eigenvalue weighted by atomic mass is 79.9. The second-order valence-corrected chi connectivity index (χ2v) is 3.84. The molecule has 15 heavy (non-hydrogen) atoms. The molecule has 0 heterocycles. The molecule has 0 atom stereocenters. The van der Waals surface area contributed by atoms with Crippen molar-refractivity contribution in [2.24, 2.45) is 0 Å². The van der Waals surface area contributed by atoms with Crippen molar-refractivity contribution < 1.29 is 9.90 Å². The molecule has 0 saturated carbocycles. The van der Waals surface area contributed by atoms with E-state index >= 15 is 0 Å². The van der Waals surface area contributed by atoms with Crippen LogP contribution in [0.4, 0.5) is 0 Å². The highest BCUT2D eigenvalue weighted by molar-refractivity contribution is 9.10. The predicted octanol–water partition coefficient (Wildman–Crippen LogP) is 2.75. The number of aryl methyl sites for hydroxylation is 1. The topological polar surface area (TPSA) is 61.1 Å². The first-order valence-electron chi connectivity index (χ1n) is 4.16. The molecular formula is C11H8BrNO2. The van der Waals surface area contributed by atoms with E-state index in [1.54, 1.807) is 12.1 Å². The fourth-order valence-corrected chi connectivity index (χ4v) is 1.31. The lowest BCUT2D eigenvalue weighted by Crippen LogP contribution is -1.97. The molecule has 0 aliphatic rings. The van der Waals surface area contributed by atoms with Crippen molar-refractivity contribution in [3.63, 3.8) is 0 Å². The first-order chi connectivity index (χ1) is 7.04. The average Bonchev–Trinajstić information content (AvgIpc) is 2.19. The van der Waals surface area contributed by atoms with Crippen LogP contribution in [0.5, 0.6) is 0 Å². The van der Waals surface area contributed by atoms with Gasteiger partial charge in [0.1, 0.15) is 11.6 Å². The third kappa shape index (κ3) is 2.93. The van der Waals surface area contributed by atoms with E-state index in [1.807, 2.05) is 19.1 Å². The number of halogens is 1. The van der Waals surface area contributed by atoms with Gasteiger partial charge in [-0.3, -0.25) is 0 Å². The van der Waals surface area contributed by atoms with Crippen molar-refractivity contribution in [2.75, 3.05) is 0 Å². The quantitative estimate of drug-likeness (QED) is 0.661. The number of carboxylic acids is 1. The SMILES string of the molecule is Cc1cc(C=C(C#N)C(=O)O)ccc1Br. The number of rotatable bonds is 2. The Morgan fingerprint density at radius 2 is 2.27 bits per heavy atom. The monoisotopic (exact) mass is 265 g/mol. The van der Waals surface area contributed by atoms with Gasteiger partial charge in [-0.1, -0.05) is 28.1 Å². The maximum atomic E-state index is 10.6. The lowest BCUT2D eigenvalue weighted by Gasteiger charge is -1.99. The summed E-state index contributed by atoms with van der Waals surface area (Å²) in [5.41, 5.74) is 1.43. The van der Waals surface area contributed by atoms with E-state index in [-0.39, 0.29) is 5.57 Å². The van der Waals surface area contributed by atoms with Gasteiger partial charge in [-0.15, -0.1) is 0 Å².